The molecule has 8 nitrogen and oxygen atoms in total. The molecule has 1 aromatic heterocycles. The highest BCUT2D eigenvalue weighted by molar-refractivity contribution is 6.36. The van der Waals surface area contributed by atoms with Crippen LogP contribution in [0.2, 0.25) is 0 Å². The van der Waals surface area contributed by atoms with Crippen LogP contribution in [0.4, 0.5) is 5.82 Å². The lowest BCUT2D eigenvalue weighted by atomic mass is 10.2. The van der Waals surface area contributed by atoms with Crippen molar-refractivity contribution >= 4 is 34.2 Å². The predicted molar refractivity (Wildman–Crippen MR) is 75.1 cm³/mol. The van der Waals surface area contributed by atoms with Crippen molar-refractivity contribution in [2.45, 2.75) is 12.8 Å². The molecule has 0 atom stereocenters. The van der Waals surface area contributed by atoms with Crippen molar-refractivity contribution in [3.8, 4) is 0 Å². The number of aliphatic carboxylic acids is 2. The van der Waals surface area contributed by atoms with Gasteiger partial charge in [0.2, 0.25) is 0 Å². The molecule has 108 valence electrons. The zero-order valence-corrected chi connectivity index (χ0v) is 10.9. The average molecular weight is 288 g/mol. The molecule has 0 amide bonds. The first-order valence-electron chi connectivity index (χ1n) is 6.06. The highest BCUT2D eigenvalue weighted by Crippen LogP contribution is 2.19. The molecular formula is C13H12N4O4. The maximum Gasteiger partial charge on any atom is 0.352 e. The van der Waals surface area contributed by atoms with Crippen LogP contribution in [0.1, 0.15) is 12.8 Å². The molecule has 0 unspecified atom stereocenters. The predicted octanol–water partition coefficient (Wildman–Crippen LogP) is 1.35. The Morgan fingerprint density at radius 2 is 1.95 bits per heavy atom. The molecule has 3 N–H and O–H groups in total. The van der Waals surface area contributed by atoms with Crippen molar-refractivity contribution in [1.82, 2.24) is 10.2 Å². The van der Waals surface area contributed by atoms with Gasteiger partial charge in [0.25, 0.3) is 0 Å². The van der Waals surface area contributed by atoms with Gasteiger partial charge in [-0.25, -0.2) is 4.79 Å². The van der Waals surface area contributed by atoms with Crippen molar-refractivity contribution in [2.24, 2.45) is 5.10 Å². The summed E-state index contributed by atoms with van der Waals surface area (Å²) in [7, 11) is 0. The molecule has 8 heteroatoms. The van der Waals surface area contributed by atoms with E-state index in [1.807, 2.05) is 12.1 Å². The molecule has 0 aliphatic carbocycles. The Morgan fingerprint density at radius 3 is 2.67 bits per heavy atom. The number of hydrogen-bond acceptors (Lipinski definition) is 6. The third-order valence-corrected chi connectivity index (χ3v) is 2.69. The second kappa shape index (κ2) is 6.42. The summed E-state index contributed by atoms with van der Waals surface area (Å²) in [6.07, 6.45) is 1.08. The van der Waals surface area contributed by atoms with Gasteiger partial charge < -0.3 is 10.2 Å². The number of hydrogen-bond donors (Lipinski definition) is 3. The van der Waals surface area contributed by atoms with Crippen LogP contribution in [0.5, 0.6) is 0 Å². The van der Waals surface area contributed by atoms with Crippen LogP contribution >= 0.6 is 0 Å². The highest BCUT2D eigenvalue weighted by Gasteiger charge is 2.12. The fraction of sp³-hybridized carbons (Fsp3) is 0.154. The maximum absolute atomic E-state index is 11.0. The van der Waals surface area contributed by atoms with Crippen molar-refractivity contribution in [3.63, 3.8) is 0 Å². The van der Waals surface area contributed by atoms with E-state index in [9.17, 15) is 9.59 Å². The van der Waals surface area contributed by atoms with E-state index in [2.05, 4.69) is 20.7 Å². The zero-order chi connectivity index (χ0) is 15.2. The van der Waals surface area contributed by atoms with Gasteiger partial charge in [0.15, 0.2) is 5.82 Å². The van der Waals surface area contributed by atoms with Crippen molar-refractivity contribution in [1.29, 1.82) is 0 Å². The largest absolute Gasteiger partial charge is 0.481 e. The van der Waals surface area contributed by atoms with Crippen LogP contribution in [-0.2, 0) is 9.59 Å². The summed E-state index contributed by atoms with van der Waals surface area (Å²) in [4.78, 5) is 21.5. The Labute approximate surface area is 119 Å². The monoisotopic (exact) mass is 288 g/mol. The lowest BCUT2D eigenvalue weighted by molar-refractivity contribution is -0.136. The molecule has 1 aromatic carbocycles. The Morgan fingerprint density at radius 1 is 1.19 bits per heavy atom. The first-order valence-corrected chi connectivity index (χ1v) is 6.06. The van der Waals surface area contributed by atoms with Crippen molar-refractivity contribution < 1.29 is 19.8 Å². The molecule has 0 bridgehead atoms. The van der Waals surface area contributed by atoms with Crippen molar-refractivity contribution in [3.05, 3.63) is 30.5 Å². The number of carbonyl (C=O) groups is 2. The van der Waals surface area contributed by atoms with Gasteiger partial charge in [0, 0.05) is 17.2 Å². The van der Waals surface area contributed by atoms with Gasteiger partial charge in [-0.1, -0.05) is 24.3 Å². The Kier molecular flexibility index (Phi) is 4.39. The van der Waals surface area contributed by atoms with Crippen LogP contribution in [0.3, 0.4) is 0 Å². The Bertz CT molecular complexity index is 709. The number of carboxylic acid groups (broad SMARTS) is 2. The molecule has 21 heavy (non-hydrogen) atoms. The molecule has 0 saturated carbocycles. The van der Waals surface area contributed by atoms with Gasteiger partial charge in [-0.2, -0.15) is 10.2 Å². The van der Waals surface area contributed by atoms with Gasteiger partial charge in [-0.15, -0.1) is 5.10 Å². The topological polar surface area (TPSA) is 125 Å². The van der Waals surface area contributed by atoms with Crippen molar-refractivity contribution in [2.75, 3.05) is 5.43 Å². The maximum atomic E-state index is 11.0. The van der Waals surface area contributed by atoms with Crippen LogP contribution in [0.15, 0.2) is 35.6 Å². The second-order valence-electron chi connectivity index (χ2n) is 4.15. The number of nitrogens with one attached hydrogen (secondary N) is 1. The molecule has 2 aromatic rings. The third kappa shape index (κ3) is 3.72. The number of fused-ring (bicyclic) bond motifs is 1. The zero-order valence-electron chi connectivity index (χ0n) is 10.9. The number of rotatable bonds is 6. The standard InChI is InChI=1S/C13H12N4O4/c18-11(19)6-5-10(13(20)21)15-17-12-9-4-2-1-3-8(9)7-14-16-12/h1-4,7H,5-6H2,(H,16,17)(H,18,19)(H,20,21)/b15-10+. The lowest BCUT2D eigenvalue weighted by Gasteiger charge is -2.04. The van der Waals surface area contributed by atoms with E-state index >= 15 is 0 Å². The van der Waals surface area contributed by atoms with Crippen LogP contribution < -0.4 is 5.43 Å². The fourth-order valence-electron chi connectivity index (χ4n) is 1.67. The molecule has 2 rings (SSSR count). The highest BCUT2D eigenvalue weighted by atomic mass is 16.4. The molecule has 0 fully saturated rings. The summed E-state index contributed by atoms with van der Waals surface area (Å²) in [5.74, 6) is -2.06. The molecule has 0 radical (unpaired) electrons. The minimum Gasteiger partial charge on any atom is -0.481 e. The van der Waals surface area contributed by atoms with Gasteiger partial charge in [-0.05, 0) is 0 Å². The number of anilines is 1. The van der Waals surface area contributed by atoms with Gasteiger partial charge in [-0.3, -0.25) is 10.2 Å². The summed E-state index contributed by atoms with van der Waals surface area (Å²) in [5, 5.41) is 30.5. The van der Waals surface area contributed by atoms with Gasteiger partial charge in [0.05, 0.1) is 12.6 Å². The number of benzene rings is 1. The number of aromatic nitrogens is 2. The first-order chi connectivity index (χ1) is 10.1. The summed E-state index contributed by atoms with van der Waals surface area (Å²) >= 11 is 0. The second-order valence-corrected chi connectivity index (χ2v) is 4.15. The summed E-state index contributed by atoms with van der Waals surface area (Å²) < 4.78 is 0. The SMILES string of the molecule is O=C(O)CC/C(=N\Nc1nncc2ccccc12)C(=O)O. The van der Waals surface area contributed by atoms with E-state index in [0.717, 1.165) is 10.8 Å². The van der Waals surface area contributed by atoms with E-state index in [-0.39, 0.29) is 18.6 Å². The molecule has 0 aliphatic heterocycles. The van der Waals surface area contributed by atoms with Gasteiger partial charge >= 0.3 is 11.9 Å². The minimum absolute atomic E-state index is 0.185. The number of carboxylic acids is 2. The van der Waals surface area contributed by atoms with E-state index in [1.165, 1.54) is 0 Å². The first kappa shape index (κ1) is 14.4. The Balaban J connectivity index is 2.23. The van der Waals surface area contributed by atoms with Gasteiger partial charge in [0.1, 0.15) is 5.71 Å². The van der Waals surface area contributed by atoms with E-state index in [1.54, 1.807) is 18.3 Å². The van der Waals surface area contributed by atoms with E-state index in [4.69, 9.17) is 10.2 Å². The van der Waals surface area contributed by atoms with Crippen LogP contribution in [-0.4, -0.2) is 38.1 Å². The van der Waals surface area contributed by atoms with Crippen LogP contribution in [0, 0.1) is 0 Å². The lowest BCUT2D eigenvalue weighted by Crippen LogP contribution is -2.16. The Hall–Kier alpha value is -3.03. The van der Waals surface area contributed by atoms with Crippen LogP contribution in [0.25, 0.3) is 10.8 Å². The molecule has 0 spiro atoms. The average Bonchev–Trinajstić information content (AvgIpc) is 2.46. The number of hydrazone groups is 1. The molecule has 1 heterocycles. The number of nitrogens with zero attached hydrogens (tertiary/aromatic N) is 3. The normalized spacial score (nSPS) is 11.3. The van der Waals surface area contributed by atoms with E-state index < -0.39 is 11.9 Å². The molecule has 0 saturated heterocycles. The minimum atomic E-state index is -1.28. The fourth-order valence-corrected chi connectivity index (χ4v) is 1.67. The molecular weight excluding hydrogens is 276 g/mol. The third-order valence-electron chi connectivity index (χ3n) is 2.69. The molecule has 0 aliphatic rings. The van der Waals surface area contributed by atoms with E-state index in [0.29, 0.717) is 5.82 Å². The summed E-state index contributed by atoms with van der Waals surface area (Å²) in [5.41, 5.74) is 2.25. The quantitative estimate of drug-likeness (QED) is 0.541. The smallest absolute Gasteiger partial charge is 0.352 e. The summed E-state index contributed by atoms with van der Waals surface area (Å²) in [6.45, 7) is 0. The summed E-state index contributed by atoms with van der Waals surface area (Å²) in [6, 6.07) is 7.27.